The number of nitrogen functional groups attached to an aromatic ring is 1. The van der Waals surface area contributed by atoms with Gasteiger partial charge in [0, 0.05) is 24.3 Å². The van der Waals surface area contributed by atoms with Crippen LogP contribution in [-0.2, 0) is 17.9 Å². The van der Waals surface area contributed by atoms with Gasteiger partial charge in [-0.3, -0.25) is 9.48 Å². The highest BCUT2D eigenvalue weighted by Crippen LogP contribution is 2.17. The van der Waals surface area contributed by atoms with E-state index in [1.54, 1.807) is 24.2 Å². The van der Waals surface area contributed by atoms with Gasteiger partial charge in [-0.15, -0.1) is 0 Å². The molecule has 2 aromatic rings. The monoisotopic (exact) mass is 322 g/mol. The number of carbonyl (C=O) groups excluding carboxylic acids is 1. The van der Waals surface area contributed by atoms with Crippen LogP contribution in [0.2, 0.25) is 0 Å². The summed E-state index contributed by atoms with van der Waals surface area (Å²) >= 11 is 3.47. The number of aromatic nitrogens is 2. The summed E-state index contributed by atoms with van der Waals surface area (Å²) < 4.78 is 2.53. The summed E-state index contributed by atoms with van der Waals surface area (Å²) in [6.07, 6.45) is 1.69. The largest absolute Gasteiger partial charge is 0.382 e. The fourth-order valence-electron chi connectivity index (χ4n) is 1.70. The zero-order chi connectivity index (χ0) is 13.8. The highest BCUT2D eigenvalue weighted by molar-refractivity contribution is 9.10. The van der Waals surface area contributed by atoms with Gasteiger partial charge < -0.3 is 10.6 Å². The molecule has 2 rings (SSSR count). The lowest BCUT2D eigenvalue weighted by molar-refractivity contribution is -0.131. The van der Waals surface area contributed by atoms with Crippen molar-refractivity contribution in [1.82, 2.24) is 14.7 Å². The molecule has 0 radical (unpaired) electrons. The molecule has 1 aromatic heterocycles. The maximum atomic E-state index is 12.0. The fraction of sp³-hybridized carbons (Fsp3) is 0.231. The minimum absolute atomic E-state index is 0.0150. The van der Waals surface area contributed by atoms with Gasteiger partial charge in [-0.05, 0) is 17.7 Å². The molecule has 1 heterocycles. The van der Waals surface area contributed by atoms with Crippen LogP contribution in [0.25, 0.3) is 0 Å². The Bertz CT molecular complexity index is 582. The van der Waals surface area contributed by atoms with Gasteiger partial charge in [0.2, 0.25) is 5.91 Å². The average molecular weight is 323 g/mol. The Hall–Kier alpha value is -1.82. The minimum Gasteiger partial charge on any atom is -0.382 e. The molecule has 2 N–H and O–H groups in total. The second-order valence-electron chi connectivity index (χ2n) is 4.28. The number of hydrogen-bond donors (Lipinski definition) is 1. The second-order valence-corrected chi connectivity index (χ2v) is 5.13. The highest BCUT2D eigenvalue weighted by Gasteiger charge is 2.11. The van der Waals surface area contributed by atoms with E-state index in [1.165, 1.54) is 4.68 Å². The molecular weight excluding hydrogens is 308 g/mol. The summed E-state index contributed by atoms with van der Waals surface area (Å²) in [7, 11) is 1.77. The highest BCUT2D eigenvalue weighted by atomic mass is 79.9. The first-order chi connectivity index (χ1) is 9.06. The van der Waals surface area contributed by atoms with E-state index < -0.39 is 0 Å². The van der Waals surface area contributed by atoms with E-state index in [0.29, 0.717) is 12.4 Å². The van der Waals surface area contributed by atoms with Crippen molar-refractivity contribution in [3.8, 4) is 0 Å². The Morgan fingerprint density at radius 2 is 2.16 bits per heavy atom. The number of rotatable bonds is 4. The lowest BCUT2D eigenvalue weighted by Gasteiger charge is -2.18. The van der Waals surface area contributed by atoms with Gasteiger partial charge in [0.15, 0.2) is 0 Å². The van der Waals surface area contributed by atoms with Gasteiger partial charge in [0.1, 0.15) is 12.4 Å². The summed E-state index contributed by atoms with van der Waals surface area (Å²) in [5.41, 5.74) is 6.58. The van der Waals surface area contributed by atoms with Crippen molar-refractivity contribution in [3.05, 3.63) is 46.6 Å². The van der Waals surface area contributed by atoms with Crippen LogP contribution in [0.4, 0.5) is 5.82 Å². The molecule has 0 aliphatic heterocycles. The minimum atomic E-state index is -0.0150. The first-order valence-electron chi connectivity index (χ1n) is 5.82. The Morgan fingerprint density at radius 1 is 1.42 bits per heavy atom. The smallest absolute Gasteiger partial charge is 0.244 e. The molecule has 0 aliphatic rings. The van der Waals surface area contributed by atoms with Gasteiger partial charge in [-0.1, -0.05) is 34.1 Å². The predicted molar refractivity (Wildman–Crippen MR) is 77.3 cm³/mol. The molecule has 19 heavy (non-hydrogen) atoms. The summed E-state index contributed by atoms with van der Waals surface area (Å²) in [5, 5.41) is 4.00. The van der Waals surface area contributed by atoms with Crippen molar-refractivity contribution in [3.63, 3.8) is 0 Å². The number of carbonyl (C=O) groups is 1. The van der Waals surface area contributed by atoms with Crippen LogP contribution < -0.4 is 5.73 Å². The third-order valence-electron chi connectivity index (χ3n) is 2.75. The van der Waals surface area contributed by atoms with E-state index in [9.17, 15) is 4.79 Å². The summed E-state index contributed by atoms with van der Waals surface area (Å²) in [5.74, 6) is 0.403. The third-order valence-corrected chi connectivity index (χ3v) is 3.52. The first-order valence-corrected chi connectivity index (χ1v) is 6.62. The summed E-state index contributed by atoms with van der Waals surface area (Å²) in [6.45, 7) is 0.745. The molecule has 0 aliphatic carbocycles. The number of nitrogens with two attached hydrogens (primary N) is 1. The molecule has 0 bridgehead atoms. The summed E-state index contributed by atoms with van der Waals surface area (Å²) in [6, 6.07) is 9.51. The summed E-state index contributed by atoms with van der Waals surface area (Å²) in [4.78, 5) is 13.7. The van der Waals surface area contributed by atoms with Crippen molar-refractivity contribution in [2.45, 2.75) is 13.1 Å². The van der Waals surface area contributed by atoms with Crippen LogP contribution in [0.1, 0.15) is 5.56 Å². The van der Waals surface area contributed by atoms with E-state index in [2.05, 4.69) is 21.0 Å². The third kappa shape index (κ3) is 3.57. The van der Waals surface area contributed by atoms with Crippen LogP contribution in [0.5, 0.6) is 0 Å². The van der Waals surface area contributed by atoms with Gasteiger partial charge >= 0.3 is 0 Å². The predicted octanol–water partition coefficient (Wildman–Crippen LogP) is 1.89. The van der Waals surface area contributed by atoms with E-state index in [1.807, 2.05) is 24.3 Å². The maximum absolute atomic E-state index is 12.0. The van der Waals surface area contributed by atoms with Crippen molar-refractivity contribution in [2.24, 2.45) is 0 Å². The zero-order valence-electron chi connectivity index (χ0n) is 10.6. The molecule has 0 spiro atoms. The van der Waals surface area contributed by atoms with Crippen molar-refractivity contribution in [2.75, 3.05) is 12.8 Å². The number of hydrogen-bond acceptors (Lipinski definition) is 3. The van der Waals surface area contributed by atoms with Crippen LogP contribution in [0.3, 0.4) is 0 Å². The Morgan fingerprint density at radius 3 is 2.79 bits per heavy atom. The normalized spacial score (nSPS) is 10.4. The molecule has 0 saturated heterocycles. The van der Waals surface area contributed by atoms with Crippen molar-refractivity contribution >= 4 is 27.7 Å². The maximum Gasteiger partial charge on any atom is 0.244 e. The fourth-order valence-corrected chi connectivity index (χ4v) is 2.11. The van der Waals surface area contributed by atoms with Gasteiger partial charge in [-0.2, -0.15) is 5.10 Å². The van der Waals surface area contributed by atoms with E-state index >= 15 is 0 Å². The molecule has 100 valence electrons. The second kappa shape index (κ2) is 5.88. The Kier molecular flexibility index (Phi) is 4.21. The molecule has 6 heteroatoms. The van der Waals surface area contributed by atoms with E-state index in [0.717, 1.165) is 10.0 Å². The molecule has 0 fully saturated rings. The number of benzene rings is 1. The molecule has 0 atom stereocenters. The van der Waals surface area contributed by atoms with Gasteiger partial charge in [0.05, 0.1) is 0 Å². The van der Waals surface area contributed by atoms with Crippen LogP contribution in [0.15, 0.2) is 41.0 Å². The molecule has 0 saturated carbocycles. The SMILES string of the molecule is CN(Cc1ccccc1Br)C(=O)Cn1ccc(N)n1. The van der Waals surface area contributed by atoms with Gasteiger partial charge in [-0.25, -0.2) is 0 Å². The zero-order valence-corrected chi connectivity index (χ0v) is 12.2. The standard InChI is InChI=1S/C13H15BrN4O/c1-17(8-10-4-2-3-5-11(10)14)13(19)9-18-7-6-12(15)16-18/h2-7H,8-9H2,1H3,(H2,15,16). The van der Waals surface area contributed by atoms with Crippen LogP contribution in [-0.4, -0.2) is 27.6 Å². The molecule has 1 amide bonds. The topological polar surface area (TPSA) is 64.2 Å². The first kappa shape index (κ1) is 13.6. The van der Waals surface area contributed by atoms with E-state index in [4.69, 9.17) is 5.73 Å². The van der Waals surface area contributed by atoms with Crippen LogP contribution in [0, 0.1) is 0 Å². The number of anilines is 1. The van der Waals surface area contributed by atoms with Crippen molar-refractivity contribution in [1.29, 1.82) is 0 Å². The quantitative estimate of drug-likeness (QED) is 0.934. The molecule has 1 aromatic carbocycles. The lowest BCUT2D eigenvalue weighted by atomic mass is 10.2. The number of nitrogens with zero attached hydrogens (tertiary/aromatic N) is 3. The lowest BCUT2D eigenvalue weighted by Crippen LogP contribution is -2.30. The molecule has 0 unspecified atom stereocenters. The Balaban J connectivity index is 1.98. The average Bonchev–Trinajstić information content (AvgIpc) is 2.77. The Labute approximate surface area is 120 Å². The van der Waals surface area contributed by atoms with Crippen molar-refractivity contribution < 1.29 is 4.79 Å². The number of likely N-dealkylation sites (N-methyl/N-ethyl adjacent to an activating group) is 1. The molecular formula is C13H15BrN4O. The molecule has 5 nitrogen and oxygen atoms in total. The van der Waals surface area contributed by atoms with Crippen LogP contribution >= 0.6 is 15.9 Å². The van der Waals surface area contributed by atoms with E-state index in [-0.39, 0.29) is 12.5 Å². The number of halogens is 1. The number of amides is 1. The van der Waals surface area contributed by atoms with Gasteiger partial charge in [0.25, 0.3) is 0 Å².